The van der Waals surface area contributed by atoms with E-state index >= 15 is 0 Å². The van der Waals surface area contributed by atoms with Crippen molar-refractivity contribution in [1.29, 1.82) is 0 Å². The van der Waals surface area contributed by atoms with E-state index < -0.39 is 0 Å². The molecule has 2 aromatic carbocycles. The Bertz CT molecular complexity index is 587. The maximum atomic E-state index is 12.6. The molecule has 0 saturated carbocycles. The van der Waals surface area contributed by atoms with Gasteiger partial charge in [0.1, 0.15) is 0 Å². The van der Waals surface area contributed by atoms with Gasteiger partial charge in [0, 0.05) is 11.5 Å². The van der Waals surface area contributed by atoms with E-state index in [0.29, 0.717) is 13.2 Å². The molecule has 20 heavy (non-hydrogen) atoms. The number of Topliss-reactive ketones (excluding diaryl/α,β-unsaturated/α-hetero) is 1. The molecule has 3 rings (SSSR count). The van der Waals surface area contributed by atoms with Gasteiger partial charge in [0.15, 0.2) is 5.78 Å². The van der Waals surface area contributed by atoms with Crippen LogP contribution in [0, 0.1) is 12.8 Å². The lowest BCUT2D eigenvalue weighted by Crippen LogP contribution is -2.21. The fraction of sp³-hybridized carbons (Fsp3) is 0.278. The number of hydrogen-bond donors (Lipinski definition) is 0. The summed E-state index contributed by atoms with van der Waals surface area (Å²) in [6.45, 7) is 3.22. The highest BCUT2D eigenvalue weighted by molar-refractivity contribution is 5.98. The van der Waals surface area contributed by atoms with E-state index in [1.54, 1.807) is 0 Å². The number of rotatable bonds is 3. The van der Waals surface area contributed by atoms with Gasteiger partial charge in [-0.05, 0) is 12.5 Å². The van der Waals surface area contributed by atoms with Crippen molar-refractivity contribution in [3.8, 4) is 0 Å². The number of ketones is 1. The van der Waals surface area contributed by atoms with Crippen LogP contribution in [0.25, 0.3) is 0 Å². The van der Waals surface area contributed by atoms with Crippen molar-refractivity contribution < 1.29 is 9.53 Å². The normalized spacial score (nSPS) is 21.9. The summed E-state index contributed by atoms with van der Waals surface area (Å²) in [5.41, 5.74) is 3.21. The third-order valence-electron chi connectivity index (χ3n) is 3.98. The zero-order valence-electron chi connectivity index (χ0n) is 11.6. The van der Waals surface area contributed by atoms with Crippen LogP contribution < -0.4 is 0 Å². The lowest BCUT2D eigenvalue weighted by molar-refractivity contribution is 0.0895. The molecule has 2 aromatic rings. The van der Waals surface area contributed by atoms with Gasteiger partial charge in [0.2, 0.25) is 0 Å². The van der Waals surface area contributed by atoms with Crippen LogP contribution in [0.3, 0.4) is 0 Å². The molecular weight excluding hydrogens is 248 g/mol. The largest absolute Gasteiger partial charge is 0.380 e. The molecule has 0 amide bonds. The minimum atomic E-state index is -0.0693. The molecule has 0 radical (unpaired) electrons. The van der Waals surface area contributed by atoms with Crippen LogP contribution in [0.15, 0.2) is 54.6 Å². The third-order valence-corrected chi connectivity index (χ3v) is 3.98. The highest BCUT2D eigenvalue weighted by Crippen LogP contribution is 2.33. The van der Waals surface area contributed by atoms with Gasteiger partial charge in [0.25, 0.3) is 0 Å². The minimum Gasteiger partial charge on any atom is -0.380 e. The molecule has 0 N–H and O–H groups in total. The van der Waals surface area contributed by atoms with Gasteiger partial charge in [-0.3, -0.25) is 4.79 Å². The first-order chi connectivity index (χ1) is 9.75. The summed E-state index contributed by atoms with van der Waals surface area (Å²) < 4.78 is 5.58. The first-order valence-corrected chi connectivity index (χ1v) is 6.99. The molecule has 1 saturated heterocycles. The van der Waals surface area contributed by atoms with Crippen LogP contribution in [0.5, 0.6) is 0 Å². The maximum Gasteiger partial charge on any atom is 0.168 e. The predicted molar refractivity (Wildman–Crippen MR) is 79.0 cm³/mol. The van der Waals surface area contributed by atoms with E-state index in [1.807, 2.05) is 30.3 Å². The number of hydrogen-bond acceptors (Lipinski definition) is 2. The molecule has 102 valence electrons. The van der Waals surface area contributed by atoms with E-state index in [-0.39, 0.29) is 17.6 Å². The smallest absolute Gasteiger partial charge is 0.168 e. The van der Waals surface area contributed by atoms with Gasteiger partial charge in [-0.15, -0.1) is 0 Å². The summed E-state index contributed by atoms with van der Waals surface area (Å²) in [5.74, 6) is 0.289. The Morgan fingerprint density at radius 3 is 2.40 bits per heavy atom. The lowest BCUT2D eigenvalue weighted by atomic mass is 9.83. The zero-order valence-corrected chi connectivity index (χ0v) is 11.6. The average molecular weight is 266 g/mol. The lowest BCUT2D eigenvalue weighted by Gasteiger charge is -2.17. The molecule has 2 unspecified atom stereocenters. The second kappa shape index (κ2) is 5.59. The van der Waals surface area contributed by atoms with Crippen LogP contribution in [0.2, 0.25) is 0 Å². The standard InChI is InChI=1S/C18H18O2/c1-13-7-9-14(10-8-13)16-11-20-12-17(16)18(19)15-5-3-2-4-6-15/h2-10,16-17H,11-12H2,1H3. The number of carbonyl (C=O) groups is 1. The van der Waals surface area contributed by atoms with E-state index in [4.69, 9.17) is 4.74 Å². The van der Waals surface area contributed by atoms with Gasteiger partial charge >= 0.3 is 0 Å². The van der Waals surface area contributed by atoms with Crippen LogP contribution in [-0.4, -0.2) is 19.0 Å². The van der Waals surface area contributed by atoms with Crippen LogP contribution in [-0.2, 0) is 4.74 Å². The third kappa shape index (κ3) is 2.52. The summed E-state index contributed by atoms with van der Waals surface area (Å²) in [5, 5.41) is 0. The van der Waals surface area contributed by atoms with E-state index in [9.17, 15) is 4.79 Å². The SMILES string of the molecule is Cc1ccc(C2COCC2C(=O)c2ccccc2)cc1. The Balaban J connectivity index is 1.86. The Morgan fingerprint density at radius 2 is 1.70 bits per heavy atom. The van der Waals surface area contributed by atoms with Gasteiger partial charge in [-0.25, -0.2) is 0 Å². The van der Waals surface area contributed by atoms with Crippen molar-refractivity contribution >= 4 is 5.78 Å². The van der Waals surface area contributed by atoms with Crippen molar-refractivity contribution in [3.05, 3.63) is 71.3 Å². The summed E-state index contributed by atoms with van der Waals surface area (Å²) in [4.78, 5) is 12.6. The van der Waals surface area contributed by atoms with Crippen LogP contribution in [0.1, 0.15) is 27.4 Å². The first kappa shape index (κ1) is 13.1. The van der Waals surface area contributed by atoms with E-state index in [2.05, 4.69) is 31.2 Å². The Kier molecular flexibility index (Phi) is 3.66. The summed E-state index contributed by atoms with van der Waals surface area (Å²) in [6.07, 6.45) is 0. The molecule has 1 aliphatic rings. The van der Waals surface area contributed by atoms with Crippen molar-refractivity contribution in [2.24, 2.45) is 5.92 Å². The summed E-state index contributed by atoms with van der Waals surface area (Å²) >= 11 is 0. The van der Waals surface area contributed by atoms with Gasteiger partial charge in [-0.2, -0.15) is 0 Å². The Hall–Kier alpha value is -1.93. The monoisotopic (exact) mass is 266 g/mol. The highest BCUT2D eigenvalue weighted by Gasteiger charge is 2.35. The van der Waals surface area contributed by atoms with E-state index in [1.165, 1.54) is 11.1 Å². The highest BCUT2D eigenvalue weighted by atomic mass is 16.5. The molecule has 1 aliphatic heterocycles. The number of aryl methyl sites for hydroxylation is 1. The fourth-order valence-electron chi connectivity index (χ4n) is 2.77. The molecule has 0 aliphatic carbocycles. The minimum absolute atomic E-state index is 0.0693. The maximum absolute atomic E-state index is 12.6. The molecule has 0 bridgehead atoms. The molecule has 2 atom stereocenters. The van der Waals surface area contributed by atoms with Crippen LogP contribution >= 0.6 is 0 Å². The van der Waals surface area contributed by atoms with Crippen molar-refractivity contribution in [3.63, 3.8) is 0 Å². The average Bonchev–Trinajstić information content (AvgIpc) is 2.97. The fourth-order valence-corrected chi connectivity index (χ4v) is 2.77. The van der Waals surface area contributed by atoms with Crippen molar-refractivity contribution in [2.45, 2.75) is 12.8 Å². The number of benzene rings is 2. The summed E-state index contributed by atoms with van der Waals surface area (Å²) in [7, 11) is 0. The Morgan fingerprint density at radius 1 is 1.00 bits per heavy atom. The summed E-state index contributed by atoms with van der Waals surface area (Å²) in [6, 6.07) is 17.9. The molecular formula is C18H18O2. The molecule has 2 heteroatoms. The van der Waals surface area contributed by atoms with E-state index in [0.717, 1.165) is 5.56 Å². The predicted octanol–water partition coefficient (Wildman–Crippen LogP) is 3.61. The molecule has 0 spiro atoms. The second-order valence-corrected chi connectivity index (χ2v) is 5.39. The molecule has 1 fully saturated rings. The number of carbonyl (C=O) groups excluding carboxylic acids is 1. The van der Waals surface area contributed by atoms with Crippen molar-refractivity contribution in [2.75, 3.05) is 13.2 Å². The van der Waals surface area contributed by atoms with Crippen molar-refractivity contribution in [1.82, 2.24) is 0 Å². The van der Waals surface area contributed by atoms with Crippen LogP contribution in [0.4, 0.5) is 0 Å². The number of ether oxygens (including phenoxy) is 1. The second-order valence-electron chi connectivity index (χ2n) is 5.39. The van der Waals surface area contributed by atoms with Gasteiger partial charge in [0.05, 0.1) is 19.1 Å². The molecule has 0 aromatic heterocycles. The van der Waals surface area contributed by atoms with Gasteiger partial charge < -0.3 is 4.74 Å². The quantitative estimate of drug-likeness (QED) is 0.793. The topological polar surface area (TPSA) is 26.3 Å². The Labute approximate surface area is 119 Å². The molecule has 1 heterocycles. The zero-order chi connectivity index (χ0) is 13.9. The molecule has 2 nitrogen and oxygen atoms in total. The van der Waals surface area contributed by atoms with Gasteiger partial charge in [-0.1, -0.05) is 60.2 Å². The first-order valence-electron chi connectivity index (χ1n) is 6.99.